The first-order valence-corrected chi connectivity index (χ1v) is 10.4. The number of ether oxygens (including phenoxy) is 2. The number of furan rings is 1. The minimum absolute atomic E-state index is 0.00847. The van der Waals surface area contributed by atoms with Gasteiger partial charge in [-0.05, 0) is 42.8 Å². The molecule has 3 aromatic rings. The summed E-state index contributed by atoms with van der Waals surface area (Å²) in [6.07, 6.45) is 1.50. The molecule has 152 valence electrons. The van der Waals surface area contributed by atoms with E-state index in [4.69, 9.17) is 13.9 Å². The predicted molar refractivity (Wildman–Crippen MR) is 113 cm³/mol. The molecular weight excluding hydrogens is 388 g/mol. The van der Waals surface area contributed by atoms with Crippen LogP contribution >= 0.6 is 11.3 Å². The molecular formula is C22H24N2O4S. The summed E-state index contributed by atoms with van der Waals surface area (Å²) in [5.41, 5.74) is 2.19. The summed E-state index contributed by atoms with van der Waals surface area (Å²) >= 11 is 1.57. The second kappa shape index (κ2) is 8.82. The molecule has 4 rings (SSSR count). The Bertz CT molecular complexity index is 961. The van der Waals surface area contributed by atoms with Crippen LogP contribution in [0, 0.1) is 6.92 Å². The van der Waals surface area contributed by atoms with Gasteiger partial charge < -0.3 is 19.2 Å². The molecule has 0 bridgehead atoms. The van der Waals surface area contributed by atoms with Crippen molar-refractivity contribution >= 4 is 22.2 Å². The molecule has 2 aromatic heterocycles. The third-order valence-electron chi connectivity index (χ3n) is 4.97. The van der Waals surface area contributed by atoms with E-state index in [1.54, 1.807) is 30.6 Å². The molecule has 1 amide bonds. The topological polar surface area (TPSA) is 63.9 Å². The van der Waals surface area contributed by atoms with Crippen molar-refractivity contribution in [3.05, 3.63) is 70.5 Å². The van der Waals surface area contributed by atoms with Gasteiger partial charge in [0.05, 0.1) is 32.6 Å². The Kier molecular flexibility index (Phi) is 5.99. The van der Waals surface area contributed by atoms with Gasteiger partial charge in [0.15, 0.2) is 5.76 Å². The highest BCUT2D eigenvalue weighted by atomic mass is 32.1. The summed E-state index contributed by atoms with van der Waals surface area (Å²) in [6, 6.07) is 13.6. The van der Waals surface area contributed by atoms with E-state index in [0.717, 1.165) is 39.8 Å². The highest BCUT2D eigenvalue weighted by molar-refractivity contribution is 7.16. The predicted octanol–water partition coefficient (Wildman–Crippen LogP) is 4.33. The first-order chi connectivity index (χ1) is 14.2. The minimum atomic E-state index is -0.246. The van der Waals surface area contributed by atoms with E-state index in [2.05, 4.69) is 35.3 Å². The number of benzene rings is 1. The van der Waals surface area contributed by atoms with Gasteiger partial charge in [0.2, 0.25) is 0 Å². The molecule has 29 heavy (non-hydrogen) atoms. The molecule has 1 aliphatic rings. The highest BCUT2D eigenvalue weighted by Gasteiger charge is 2.29. The normalized spacial score (nSPS) is 15.8. The maximum atomic E-state index is 12.6. The van der Waals surface area contributed by atoms with Gasteiger partial charge in [-0.2, -0.15) is 0 Å². The largest absolute Gasteiger partial charge is 0.497 e. The fourth-order valence-corrected chi connectivity index (χ4v) is 4.58. The van der Waals surface area contributed by atoms with E-state index >= 15 is 0 Å². The summed E-state index contributed by atoms with van der Waals surface area (Å²) < 4.78 is 16.3. The van der Waals surface area contributed by atoms with Gasteiger partial charge in [0.1, 0.15) is 10.8 Å². The smallest absolute Gasteiger partial charge is 0.291 e. The van der Waals surface area contributed by atoms with Crippen LogP contribution in [-0.4, -0.2) is 44.2 Å². The van der Waals surface area contributed by atoms with Crippen molar-refractivity contribution in [2.24, 2.45) is 0 Å². The molecule has 6 nitrogen and oxygen atoms in total. The van der Waals surface area contributed by atoms with E-state index in [1.165, 1.54) is 6.26 Å². The molecule has 0 aliphatic carbocycles. The van der Waals surface area contributed by atoms with Crippen molar-refractivity contribution in [1.29, 1.82) is 0 Å². The molecule has 1 fully saturated rings. The Hall–Kier alpha value is -2.61. The molecule has 1 aliphatic heterocycles. The van der Waals surface area contributed by atoms with Gasteiger partial charge in [0, 0.05) is 23.5 Å². The van der Waals surface area contributed by atoms with Crippen LogP contribution in [0.4, 0.5) is 5.00 Å². The highest BCUT2D eigenvalue weighted by Crippen LogP contribution is 2.40. The summed E-state index contributed by atoms with van der Waals surface area (Å²) in [6.45, 7) is 5.08. The van der Waals surface area contributed by atoms with Crippen LogP contribution in [0.5, 0.6) is 5.75 Å². The van der Waals surface area contributed by atoms with E-state index in [1.807, 2.05) is 12.1 Å². The molecule has 7 heteroatoms. The molecule has 1 atom stereocenters. The second-order valence-corrected chi connectivity index (χ2v) is 8.16. The average molecular weight is 413 g/mol. The summed E-state index contributed by atoms with van der Waals surface area (Å²) in [4.78, 5) is 16.1. The van der Waals surface area contributed by atoms with Crippen molar-refractivity contribution in [3.8, 4) is 5.75 Å². The number of anilines is 1. The monoisotopic (exact) mass is 412 g/mol. The van der Waals surface area contributed by atoms with Crippen LogP contribution in [0.3, 0.4) is 0 Å². The molecule has 1 saturated heterocycles. The number of nitrogens with one attached hydrogen (secondary N) is 1. The molecule has 0 unspecified atom stereocenters. The van der Waals surface area contributed by atoms with E-state index < -0.39 is 0 Å². The maximum Gasteiger partial charge on any atom is 0.291 e. The van der Waals surface area contributed by atoms with Gasteiger partial charge in [-0.15, -0.1) is 11.3 Å². The number of carbonyl (C=O) groups excluding carboxylic acids is 1. The summed E-state index contributed by atoms with van der Waals surface area (Å²) in [5.74, 6) is 0.865. The van der Waals surface area contributed by atoms with Crippen LogP contribution in [0.25, 0.3) is 0 Å². The van der Waals surface area contributed by atoms with Crippen LogP contribution < -0.4 is 10.1 Å². The van der Waals surface area contributed by atoms with Gasteiger partial charge in [0.25, 0.3) is 5.91 Å². The number of methoxy groups -OCH3 is 1. The Morgan fingerprint density at radius 1 is 1.21 bits per heavy atom. The maximum absolute atomic E-state index is 12.6. The summed E-state index contributed by atoms with van der Waals surface area (Å²) in [5, 5.41) is 3.88. The third kappa shape index (κ3) is 4.37. The molecule has 0 spiro atoms. The molecule has 0 saturated carbocycles. The number of rotatable bonds is 6. The zero-order valence-corrected chi connectivity index (χ0v) is 17.3. The SMILES string of the molecule is COc1cccc([C@@H](c2cc(C)sc2NC(=O)c2ccco2)N2CCOCC2)c1. The van der Waals surface area contributed by atoms with Crippen LogP contribution in [0.1, 0.15) is 32.6 Å². The Morgan fingerprint density at radius 3 is 2.76 bits per heavy atom. The summed E-state index contributed by atoms with van der Waals surface area (Å²) in [7, 11) is 1.67. The van der Waals surface area contributed by atoms with Crippen LogP contribution in [0.2, 0.25) is 0 Å². The lowest BCUT2D eigenvalue weighted by Crippen LogP contribution is -2.39. The minimum Gasteiger partial charge on any atom is -0.497 e. The van der Waals surface area contributed by atoms with Gasteiger partial charge >= 0.3 is 0 Å². The second-order valence-electron chi connectivity index (χ2n) is 6.90. The van der Waals surface area contributed by atoms with Crippen molar-refractivity contribution < 1.29 is 18.7 Å². The number of morpholine rings is 1. The Morgan fingerprint density at radius 2 is 2.03 bits per heavy atom. The molecule has 3 heterocycles. The fraction of sp³-hybridized carbons (Fsp3) is 0.318. The number of nitrogens with zero attached hydrogens (tertiary/aromatic N) is 1. The lowest BCUT2D eigenvalue weighted by molar-refractivity contribution is 0.0241. The fourth-order valence-electron chi connectivity index (χ4n) is 3.64. The number of thiophene rings is 1. The van der Waals surface area contributed by atoms with Crippen molar-refractivity contribution in [2.45, 2.75) is 13.0 Å². The van der Waals surface area contributed by atoms with E-state index in [9.17, 15) is 4.79 Å². The van der Waals surface area contributed by atoms with Gasteiger partial charge in [-0.3, -0.25) is 9.69 Å². The quantitative estimate of drug-likeness (QED) is 0.653. The van der Waals surface area contributed by atoms with Crippen LogP contribution in [0.15, 0.2) is 53.1 Å². The first-order valence-electron chi connectivity index (χ1n) is 9.56. The van der Waals surface area contributed by atoms with Crippen LogP contribution in [-0.2, 0) is 4.74 Å². The van der Waals surface area contributed by atoms with Crippen molar-refractivity contribution in [2.75, 3.05) is 38.7 Å². The third-order valence-corrected chi connectivity index (χ3v) is 5.95. The zero-order valence-electron chi connectivity index (χ0n) is 16.5. The molecule has 1 N–H and O–H groups in total. The molecule has 1 aromatic carbocycles. The number of aryl methyl sites for hydroxylation is 1. The zero-order chi connectivity index (χ0) is 20.2. The molecule has 0 radical (unpaired) electrons. The van der Waals surface area contributed by atoms with E-state index in [-0.39, 0.29) is 11.9 Å². The lowest BCUT2D eigenvalue weighted by Gasteiger charge is -2.35. The van der Waals surface area contributed by atoms with Gasteiger partial charge in [-0.1, -0.05) is 12.1 Å². The number of carbonyl (C=O) groups is 1. The van der Waals surface area contributed by atoms with Crippen molar-refractivity contribution in [3.63, 3.8) is 0 Å². The van der Waals surface area contributed by atoms with Gasteiger partial charge in [-0.25, -0.2) is 0 Å². The Balaban J connectivity index is 1.73. The number of amides is 1. The first kappa shape index (κ1) is 19.7. The number of hydrogen-bond donors (Lipinski definition) is 1. The standard InChI is InChI=1S/C22H24N2O4S/c1-15-13-18(22(29-15)23-21(25)19-7-4-10-28-19)20(24-8-11-27-12-9-24)16-5-3-6-17(14-16)26-2/h3-7,10,13-14,20H,8-9,11-12H2,1-2H3,(H,23,25)/t20-/m0/s1. The van der Waals surface area contributed by atoms with E-state index in [0.29, 0.717) is 19.0 Å². The number of hydrogen-bond acceptors (Lipinski definition) is 6. The lowest BCUT2D eigenvalue weighted by atomic mass is 9.97. The van der Waals surface area contributed by atoms with Crippen molar-refractivity contribution in [1.82, 2.24) is 4.90 Å². The Labute approximate surface area is 174 Å². The average Bonchev–Trinajstić information content (AvgIpc) is 3.40.